The van der Waals surface area contributed by atoms with Crippen molar-refractivity contribution >= 4 is 11.8 Å². The second-order valence-electron chi connectivity index (χ2n) is 6.57. The molecule has 3 aromatic rings. The zero-order valence-corrected chi connectivity index (χ0v) is 15.4. The van der Waals surface area contributed by atoms with Gasteiger partial charge in [0.1, 0.15) is 0 Å². The molecule has 1 N–H and O–H groups in total. The fourth-order valence-electron chi connectivity index (χ4n) is 2.90. The van der Waals surface area contributed by atoms with Crippen LogP contribution in [0.2, 0.25) is 0 Å². The summed E-state index contributed by atoms with van der Waals surface area (Å²) < 4.78 is 1.49. The fraction of sp³-hybridized carbons (Fsp3) is 0.250. The van der Waals surface area contributed by atoms with Crippen molar-refractivity contribution in [3.05, 3.63) is 63.7 Å². The van der Waals surface area contributed by atoms with E-state index < -0.39 is 0 Å². The van der Waals surface area contributed by atoms with Gasteiger partial charge < -0.3 is 0 Å². The third kappa shape index (κ3) is 3.06. The maximum atomic E-state index is 13.0. The quantitative estimate of drug-likeness (QED) is 0.762. The average Bonchev–Trinajstić information content (AvgIpc) is 3.41. The molecule has 2 heterocycles. The smallest absolute Gasteiger partial charge is 0.280 e. The van der Waals surface area contributed by atoms with Gasteiger partial charge in [-0.05, 0) is 56.0 Å². The van der Waals surface area contributed by atoms with Crippen molar-refractivity contribution in [3.8, 4) is 23.0 Å². The minimum atomic E-state index is -0.137. The number of rotatable bonds is 4. The lowest BCUT2D eigenvalue weighted by Gasteiger charge is -2.07. The maximum Gasteiger partial charge on any atom is 0.280 e. The fourth-order valence-corrected chi connectivity index (χ4v) is 3.99. The van der Waals surface area contributed by atoms with Gasteiger partial charge in [0.05, 0.1) is 17.2 Å². The van der Waals surface area contributed by atoms with Crippen LogP contribution in [0.4, 0.5) is 0 Å². The van der Waals surface area contributed by atoms with E-state index in [1.165, 1.54) is 22.4 Å². The Bertz CT molecular complexity index is 1070. The van der Waals surface area contributed by atoms with Crippen LogP contribution in [0.1, 0.15) is 29.7 Å². The molecule has 130 valence electrons. The normalized spacial score (nSPS) is 13.6. The van der Waals surface area contributed by atoms with E-state index in [-0.39, 0.29) is 5.56 Å². The molecule has 0 unspecified atom stereocenters. The molecular weight excluding hydrogens is 344 g/mol. The van der Waals surface area contributed by atoms with Crippen molar-refractivity contribution in [1.82, 2.24) is 14.8 Å². The van der Waals surface area contributed by atoms with Crippen LogP contribution in [0.5, 0.6) is 0 Å². The first kappa shape index (κ1) is 16.7. The van der Waals surface area contributed by atoms with Crippen LogP contribution in [0.15, 0.2) is 46.2 Å². The second-order valence-corrected chi connectivity index (χ2v) is 7.91. The van der Waals surface area contributed by atoms with Crippen LogP contribution in [0, 0.1) is 25.2 Å². The maximum absolute atomic E-state index is 13.0. The highest BCUT2D eigenvalue weighted by Gasteiger charge is 2.23. The molecule has 1 aliphatic carbocycles. The number of aromatic nitrogens is 3. The number of benzene rings is 1. The zero-order valence-electron chi connectivity index (χ0n) is 14.6. The van der Waals surface area contributed by atoms with Gasteiger partial charge in [-0.1, -0.05) is 12.1 Å². The van der Waals surface area contributed by atoms with Crippen molar-refractivity contribution < 1.29 is 0 Å². The van der Waals surface area contributed by atoms with Crippen LogP contribution in [-0.2, 0) is 0 Å². The van der Waals surface area contributed by atoms with Gasteiger partial charge in [-0.15, -0.1) is 11.8 Å². The van der Waals surface area contributed by atoms with E-state index in [0.717, 1.165) is 22.1 Å². The molecule has 6 heteroatoms. The largest absolute Gasteiger partial charge is 0.293 e. The second kappa shape index (κ2) is 6.50. The minimum Gasteiger partial charge on any atom is -0.293 e. The van der Waals surface area contributed by atoms with Crippen molar-refractivity contribution in [2.24, 2.45) is 0 Å². The van der Waals surface area contributed by atoms with Crippen LogP contribution in [-0.4, -0.2) is 20.0 Å². The van der Waals surface area contributed by atoms with E-state index >= 15 is 0 Å². The summed E-state index contributed by atoms with van der Waals surface area (Å²) >= 11 is 1.87. The Morgan fingerprint density at radius 1 is 1.27 bits per heavy atom. The number of aromatic amines is 1. The van der Waals surface area contributed by atoms with Gasteiger partial charge in [0.15, 0.2) is 5.82 Å². The van der Waals surface area contributed by atoms with E-state index in [1.54, 1.807) is 24.3 Å². The number of aryl methyl sites for hydroxylation is 2. The van der Waals surface area contributed by atoms with Crippen LogP contribution in [0.25, 0.3) is 16.9 Å². The first-order valence-electron chi connectivity index (χ1n) is 8.52. The van der Waals surface area contributed by atoms with Crippen LogP contribution < -0.4 is 5.56 Å². The number of nitriles is 1. The Labute approximate surface area is 155 Å². The first-order chi connectivity index (χ1) is 12.6. The molecule has 2 aromatic heterocycles. The standard InChI is InChI=1S/C20H18N4OS/c1-12-9-18(22-11-17(12)26-16-7-8-16)24-20(25)19(13(2)23-24)15-5-3-14(10-21)4-6-15/h3-6,9,11,16,23H,7-8H2,1-2H3. The average molecular weight is 362 g/mol. The molecular formula is C20H18N4OS. The van der Waals surface area contributed by atoms with Crippen molar-refractivity contribution in [1.29, 1.82) is 5.26 Å². The summed E-state index contributed by atoms with van der Waals surface area (Å²) in [6, 6.07) is 11.1. The third-order valence-electron chi connectivity index (χ3n) is 4.47. The van der Waals surface area contributed by atoms with E-state index in [1.807, 2.05) is 30.9 Å². The molecule has 0 atom stereocenters. The Hall–Kier alpha value is -2.78. The molecule has 1 aliphatic rings. The zero-order chi connectivity index (χ0) is 18.3. The Morgan fingerprint density at radius 3 is 2.62 bits per heavy atom. The molecule has 0 radical (unpaired) electrons. The molecule has 0 aliphatic heterocycles. The van der Waals surface area contributed by atoms with Crippen LogP contribution in [0.3, 0.4) is 0 Å². The third-order valence-corrected chi connectivity index (χ3v) is 5.96. The summed E-state index contributed by atoms with van der Waals surface area (Å²) in [6.45, 7) is 3.92. The molecule has 0 spiro atoms. The lowest BCUT2D eigenvalue weighted by molar-refractivity contribution is 0.802. The summed E-state index contributed by atoms with van der Waals surface area (Å²) in [5.41, 5.74) is 3.73. The summed E-state index contributed by atoms with van der Waals surface area (Å²) in [4.78, 5) is 18.6. The molecule has 5 nitrogen and oxygen atoms in total. The number of pyridine rings is 1. The number of H-pyrrole nitrogens is 1. The van der Waals surface area contributed by atoms with E-state index in [4.69, 9.17) is 5.26 Å². The highest BCUT2D eigenvalue weighted by atomic mass is 32.2. The number of thioether (sulfide) groups is 1. The SMILES string of the molecule is Cc1cc(-n2[nH]c(C)c(-c3ccc(C#N)cc3)c2=O)ncc1SC1CC1. The predicted molar refractivity (Wildman–Crippen MR) is 103 cm³/mol. The summed E-state index contributed by atoms with van der Waals surface area (Å²) in [5.74, 6) is 0.593. The van der Waals surface area contributed by atoms with Crippen molar-refractivity contribution in [2.45, 2.75) is 36.8 Å². The summed E-state index contributed by atoms with van der Waals surface area (Å²) in [6.07, 6.45) is 4.40. The molecule has 0 saturated heterocycles. The lowest BCUT2D eigenvalue weighted by atomic mass is 10.1. The van der Waals surface area contributed by atoms with Crippen molar-refractivity contribution in [2.75, 3.05) is 0 Å². The molecule has 1 fully saturated rings. The van der Waals surface area contributed by atoms with Gasteiger partial charge in [-0.3, -0.25) is 9.89 Å². The molecule has 4 rings (SSSR count). The number of nitrogens with zero attached hydrogens (tertiary/aromatic N) is 3. The number of hydrogen-bond donors (Lipinski definition) is 1. The predicted octanol–water partition coefficient (Wildman–Crippen LogP) is 3.97. The van der Waals surface area contributed by atoms with Gasteiger partial charge in [-0.2, -0.15) is 5.26 Å². The number of nitrogens with one attached hydrogen (secondary N) is 1. The summed E-state index contributed by atoms with van der Waals surface area (Å²) in [5, 5.41) is 12.8. The minimum absolute atomic E-state index is 0.137. The van der Waals surface area contributed by atoms with E-state index in [2.05, 4.69) is 23.1 Å². The van der Waals surface area contributed by atoms with E-state index in [9.17, 15) is 4.79 Å². The van der Waals surface area contributed by atoms with Crippen LogP contribution >= 0.6 is 11.8 Å². The van der Waals surface area contributed by atoms with E-state index in [0.29, 0.717) is 16.9 Å². The first-order valence-corrected chi connectivity index (χ1v) is 9.40. The van der Waals surface area contributed by atoms with Gasteiger partial charge in [-0.25, -0.2) is 9.67 Å². The van der Waals surface area contributed by atoms with Gasteiger partial charge >= 0.3 is 0 Å². The van der Waals surface area contributed by atoms with Gasteiger partial charge in [0.25, 0.3) is 5.56 Å². The molecule has 0 bridgehead atoms. The number of hydrogen-bond acceptors (Lipinski definition) is 4. The topological polar surface area (TPSA) is 74.5 Å². The van der Waals surface area contributed by atoms with Gasteiger partial charge in [0.2, 0.25) is 0 Å². The molecule has 1 aromatic carbocycles. The molecule has 1 saturated carbocycles. The highest BCUT2D eigenvalue weighted by molar-refractivity contribution is 8.00. The highest BCUT2D eigenvalue weighted by Crippen LogP contribution is 2.40. The molecule has 0 amide bonds. The Balaban J connectivity index is 1.73. The van der Waals surface area contributed by atoms with Gasteiger partial charge in [0, 0.05) is 22.0 Å². The molecule has 26 heavy (non-hydrogen) atoms. The van der Waals surface area contributed by atoms with Crippen molar-refractivity contribution in [3.63, 3.8) is 0 Å². The monoisotopic (exact) mass is 362 g/mol. The Kier molecular flexibility index (Phi) is 4.17. The lowest BCUT2D eigenvalue weighted by Crippen LogP contribution is -2.17. The Morgan fingerprint density at radius 2 is 2.00 bits per heavy atom. The summed E-state index contributed by atoms with van der Waals surface area (Å²) in [7, 11) is 0.